The Morgan fingerprint density at radius 2 is 1.35 bits per heavy atom. The van der Waals surface area contributed by atoms with Gasteiger partial charge in [-0.05, 0) is 67.1 Å². The third-order valence-corrected chi connectivity index (χ3v) is 5.02. The van der Waals surface area contributed by atoms with Gasteiger partial charge in [0.1, 0.15) is 0 Å². The molecule has 0 aliphatic heterocycles. The second kappa shape index (κ2) is 9.64. The molecule has 3 aromatic carbocycles. The van der Waals surface area contributed by atoms with E-state index in [-0.39, 0.29) is 17.7 Å². The number of carbonyl (C=O) groups excluding carboxylic acids is 3. The fraction of sp³-hybridized carbons (Fsp3) is 0.0870. The van der Waals surface area contributed by atoms with Crippen LogP contribution in [0.5, 0.6) is 0 Å². The minimum atomic E-state index is -0.372. The highest BCUT2D eigenvalue weighted by molar-refractivity contribution is 6.35. The molecule has 3 amide bonds. The molecule has 0 unspecified atom stereocenters. The lowest BCUT2D eigenvalue weighted by atomic mass is 10.1. The first-order valence-electron chi connectivity index (χ1n) is 9.29. The van der Waals surface area contributed by atoms with Gasteiger partial charge in [-0.15, -0.1) is 0 Å². The predicted octanol–water partition coefficient (Wildman–Crippen LogP) is 5.17. The van der Waals surface area contributed by atoms with Gasteiger partial charge in [-0.25, -0.2) is 0 Å². The van der Waals surface area contributed by atoms with Crippen LogP contribution in [0.25, 0.3) is 0 Å². The van der Waals surface area contributed by atoms with Crippen LogP contribution in [0, 0.1) is 6.92 Å². The van der Waals surface area contributed by atoms with Crippen molar-refractivity contribution in [2.45, 2.75) is 6.92 Å². The smallest absolute Gasteiger partial charge is 0.255 e. The maximum atomic E-state index is 12.6. The summed E-state index contributed by atoms with van der Waals surface area (Å²) in [7, 11) is 1.55. The first kappa shape index (κ1) is 22.3. The quantitative estimate of drug-likeness (QED) is 0.495. The Hall–Kier alpha value is -3.35. The lowest BCUT2D eigenvalue weighted by Gasteiger charge is -2.12. The number of rotatable bonds is 5. The molecule has 3 aromatic rings. The first-order chi connectivity index (χ1) is 14.8. The number of anilines is 2. The molecule has 0 heterocycles. The molecule has 0 saturated carbocycles. The van der Waals surface area contributed by atoms with Crippen molar-refractivity contribution in [1.82, 2.24) is 5.32 Å². The summed E-state index contributed by atoms with van der Waals surface area (Å²) in [5.74, 6) is -0.936. The van der Waals surface area contributed by atoms with Crippen molar-refractivity contribution in [2.75, 3.05) is 17.7 Å². The van der Waals surface area contributed by atoms with Crippen LogP contribution in [0.4, 0.5) is 11.4 Å². The molecule has 31 heavy (non-hydrogen) atoms. The van der Waals surface area contributed by atoms with Gasteiger partial charge in [-0.3, -0.25) is 14.4 Å². The zero-order valence-corrected chi connectivity index (χ0v) is 18.3. The summed E-state index contributed by atoms with van der Waals surface area (Å²) in [5.41, 5.74) is 2.93. The molecule has 158 valence electrons. The summed E-state index contributed by atoms with van der Waals surface area (Å²) in [6.45, 7) is 1.76. The van der Waals surface area contributed by atoms with Crippen molar-refractivity contribution in [3.63, 3.8) is 0 Å². The molecule has 0 saturated heterocycles. The molecule has 0 spiro atoms. The number of hydrogen-bond donors (Lipinski definition) is 3. The standard InChI is InChI=1S/C23H19Cl2N3O3/c1-13-19(23(31)26-2)4-3-5-20(13)28-21(29)14-6-8-18(9-7-14)27-22(30)15-10-16(24)12-17(25)11-15/h3-12H,1-2H3,(H,26,31)(H,27,30)(H,28,29). The average molecular weight is 456 g/mol. The van der Waals surface area contributed by atoms with Gasteiger partial charge in [0.15, 0.2) is 0 Å². The molecule has 0 aromatic heterocycles. The van der Waals surface area contributed by atoms with Crippen molar-refractivity contribution in [1.29, 1.82) is 0 Å². The van der Waals surface area contributed by atoms with E-state index >= 15 is 0 Å². The number of amides is 3. The maximum absolute atomic E-state index is 12.6. The van der Waals surface area contributed by atoms with E-state index in [0.29, 0.717) is 43.7 Å². The number of benzene rings is 3. The highest BCUT2D eigenvalue weighted by Crippen LogP contribution is 2.22. The van der Waals surface area contributed by atoms with Crippen molar-refractivity contribution in [2.24, 2.45) is 0 Å². The van der Waals surface area contributed by atoms with E-state index in [0.717, 1.165) is 0 Å². The van der Waals surface area contributed by atoms with Crippen LogP contribution in [0.15, 0.2) is 60.7 Å². The van der Waals surface area contributed by atoms with Gasteiger partial charge in [-0.2, -0.15) is 0 Å². The lowest BCUT2D eigenvalue weighted by Crippen LogP contribution is -2.20. The van der Waals surface area contributed by atoms with Gasteiger partial charge < -0.3 is 16.0 Å². The molecule has 0 radical (unpaired) electrons. The maximum Gasteiger partial charge on any atom is 0.255 e. The van der Waals surface area contributed by atoms with Crippen molar-refractivity contribution in [3.05, 3.63) is 93.0 Å². The van der Waals surface area contributed by atoms with Gasteiger partial charge in [0.05, 0.1) is 0 Å². The Bertz CT molecular complexity index is 1140. The highest BCUT2D eigenvalue weighted by Gasteiger charge is 2.14. The van der Waals surface area contributed by atoms with E-state index < -0.39 is 0 Å². The largest absolute Gasteiger partial charge is 0.355 e. The molecule has 3 rings (SSSR count). The number of hydrogen-bond acceptors (Lipinski definition) is 3. The zero-order chi connectivity index (χ0) is 22.5. The number of nitrogens with one attached hydrogen (secondary N) is 3. The van der Waals surface area contributed by atoms with Gasteiger partial charge in [0.25, 0.3) is 17.7 Å². The minimum absolute atomic E-state index is 0.227. The normalized spacial score (nSPS) is 10.3. The molecule has 0 aliphatic carbocycles. The lowest BCUT2D eigenvalue weighted by molar-refractivity contribution is 0.0960. The second-order valence-electron chi connectivity index (χ2n) is 6.70. The average Bonchev–Trinajstić information content (AvgIpc) is 2.74. The molecular weight excluding hydrogens is 437 g/mol. The molecule has 8 heteroatoms. The van der Waals surface area contributed by atoms with Crippen molar-refractivity contribution >= 4 is 52.3 Å². The van der Waals surface area contributed by atoms with E-state index in [4.69, 9.17) is 23.2 Å². The van der Waals surface area contributed by atoms with Crippen LogP contribution in [0.1, 0.15) is 36.6 Å². The van der Waals surface area contributed by atoms with Crippen LogP contribution in [0.2, 0.25) is 10.0 Å². The third-order valence-electron chi connectivity index (χ3n) is 4.58. The molecule has 6 nitrogen and oxygen atoms in total. The van der Waals surface area contributed by atoms with Gasteiger partial charge >= 0.3 is 0 Å². The second-order valence-corrected chi connectivity index (χ2v) is 7.57. The minimum Gasteiger partial charge on any atom is -0.355 e. The first-order valence-corrected chi connectivity index (χ1v) is 10.0. The fourth-order valence-electron chi connectivity index (χ4n) is 2.94. The summed E-state index contributed by atoms with van der Waals surface area (Å²) in [6, 6.07) is 16.1. The van der Waals surface area contributed by atoms with Crippen LogP contribution < -0.4 is 16.0 Å². The molecule has 0 atom stereocenters. The van der Waals surface area contributed by atoms with Crippen LogP contribution >= 0.6 is 23.2 Å². The fourth-order valence-corrected chi connectivity index (χ4v) is 3.47. The van der Waals surface area contributed by atoms with Crippen molar-refractivity contribution in [3.8, 4) is 0 Å². The highest BCUT2D eigenvalue weighted by atomic mass is 35.5. The van der Waals surface area contributed by atoms with Gasteiger partial charge in [0, 0.05) is 45.2 Å². The summed E-state index contributed by atoms with van der Waals surface area (Å²) < 4.78 is 0. The Morgan fingerprint density at radius 1 is 0.742 bits per heavy atom. The van der Waals surface area contributed by atoms with Crippen LogP contribution in [0.3, 0.4) is 0 Å². The molecule has 0 bridgehead atoms. The van der Waals surface area contributed by atoms with Crippen molar-refractivity contribution < 1.29 is 14.4 Å². The van der Waals surface area contributed by atoms with E-state index in [1.54, 1.807) is 62.5 Å². The molecule has 0 fully saturated rings. The SMILES string of the molecule is CNC(=O)c1cccc(NC(=O)c2ccc(NC(=O)c3cc(Cl)cc(Cl)c3)cc2)c1C. The van der Waals surface area contributed by atoms with Gasteiger partial charge in [-0.1, -0.05) is 29.3 Å². The van der Waals surface area contributed by atoms with E-state index in [9.17, 15) is 14.4 Å². The predicted molar refractivity (Wildman–Crippen MR) is 123 cm³/mol. The number of carbonyl (C=O) groups is 3. The molecule has 3 N–H and O–H groups in total. The summed E-state index contributed by atoms with van der Waals surface area (Å²) >= 11 is 11.9. The Kier molecular flexibility index (Phi) is 6.95. The Morgan fingerprint density at radius 3 is 1.97 bits per heavy atom. The Balaban J connectivity index is 1.71. The monoisotopic (exact) mass is 455 g/mol. The summed E-state index contributed by atoms with van der Waals surface area (Å²) in [5, 5.41) is 8.84. The third kappa shape index (κ3) is 5.42. The van der Waals surface area contributed by atoms with Crippen LogP contribution in [-0.4, -0.2) is 24.8 Å². The zero-order valence-electron chi connectivity index (χ0n) is 16.8. The number of halogens is 2. The van der Waals surface area contributed by atoms with Crippen LogP contribution in [-0.2, 0) is 0 Å². The van der Waals surface area contributed by atoms with E-state index in [1.807, 2.05) is 0 Å². The summed E-state index contributed by atoms with van der Waals surface area (Å²) in [4.78, 5) is 36.9. The van der Waals surface area contributed by atoms with E-state index in [1.165, 1.54) is 12.1 Å². The summed E-state index contributed by atoms with van der Waals surface area (Å²) in [6.07, 6.45) is 0. The van der Waals surface area contributed by atoms with Gasteiger partial charge in [0.2, 0.25) is 0 Å². The molecule has 0 aliphatic rings. The van der Waals surface area contributed by atoms with E-state index in [2.05, 4.69) is 16.0 Å². The topological polar surface area (TPSA) is 87.3 Å². The Labute approximate surface area is 189 Å². The molecular formula is C23H19Cl2N3O3.